The number of nitrogens with zero attached hydrogens (tertiary/aromatic N) is 2. The molecule has 0 radical (unpaired) electrons. The highest BCUT2D eigenvalue weighted by Gasteiger charge is 2.14. The maximum Gasteiger partial charge on any atom is 0.171 e. The third kappa shape index (κ3) is 3.00. The highest BCUT2D eigenvalue weighted by Crippen LogP contribution is 2.34. The Morgan fingerprint density at radius 3 is 2.80 bits per heavy atom. The lowest BCUT2D eigenvalue weighted by Crippen LogP contribution is -2.14. The summed E-state index contributed by atoms with van der Waals surface area (Å²) in [6.07, 6.45) is 1.37. The van der Waals surface area contributed by atoms with Gasteiger partial charge in [-0.3, -0.25) is 0 Å². The topological polar surface area (TPSA) is 71.5 Å². The fraction of sp³-hybridized carbons (Fsp3) is 0. The van der Waals surface area contributed by atoms with Gasteiger partial charge in [-0.15, -0.1) is 0 Å². The second kappa shape index (κ2) is 6.06. The largest absolute Gasteiger partial charge is 0.409 e. The van der Waals surface area contributed by atoms with Crippen LogP contribution in [-0.2, 0) is 0 Å². The summed E-state index contributed by atoms with van der Waals surface area (Å²) in [4.78, 5) is 4.01. The zero-order chi connectivity index (χ0) is 14.7. The van der Waals surface area contributed by atoms with E-state index in [2.05, 4.69) is 10.1 Å². The molecule has 0 bridgehead atoms. The monoisotopic (exact) mass is 315 g/mol. The zero-order valence-electron chi connectivity index (χ0n) is 9.85. The van der Waals surface area contributed by atoms with E-state index in [0.717, 1.165) is 30.0 Å². The quantitative estimate of drug-likeness (QED) is 0.395. The third-order valence-corrected chi connectivity index (χ3v) is 3.87. The van der Waals surface area contributed by atoms with E-state index >= 15 is 0 Å². The maximum absolute atomic E-state index is 13.6. The van der Waals surface area contributed by atoms with Crippen molar-refractivity contribution in [2.45, 2.75) is 9.92 Å². The predicted molar refractivity (Wildman–Crippen MR) is 72.2 cm³/mol. The van der Waals surface area contributed by atoms with Crippen LogP contribution in [0.25, 0.3) is 0 Å². The molecule has 2 rings (SSSR count). The molecule has 0 saturated heterocycles. The van der Waals surface area contributed by atoms with Crippen LogP contribution in [0.4, 0.5) is 8.78 Å². The van der Waals surface area contributed by atoms with E-state index in [9.17, 15) is 8.78 Å². The molecular formula is C12H8ClF2N3OS. The zero-order valence-corrected chi connectivity index (χ0v) is 11.4. The normalized spacial score (nSPS) is 11.7. The summed E-state index contributed by atoms with van der Waals surface area (Å²) >= 11 is 6.90. The van der Waals surface area contributed by atoms with Gasteiger partial charge < -0.3 is 10.9 Å². The second-order valence-electron chi connectivity index (χ2n) is 3.64. The number of hydrogen-bond acceptors (Lipinski definition) is 4. The number of rotatable bonds is 3. The first kappa shape index (κ1) is 14.5. The van der Waals surface area contributed by atoms with Crippen molar-refractivity contribution >= 4 is 29.2 Å². The lowest BCUT2D eigenvalue weighted by Gasteiger charge is -2.07. The Kier molecular flexibility index (Phi) is 4.41. The summed E-state index contributed by atoms with van der Waals surface area (Å²) in [6, 6.07) is 4.51. The number of amidine groups is 1. The molecule has 20 heavy (non-hydrogen) atoms. The summed E-state index contributed by atoms with van der Waals surface area (Å²) in [5.41, 5.74) is 5.71. The highest BCUT2D eigenvalue weighted by atomic mass is 35.5. The van der Waals surface area contributed by atoms with Crippen molar-refractivity contribution in [1.82, 2.24) is 4.98 Å². The van der Waals surface area contributed by atoms with Gasteiger partial charge in [0.25, 0.3) is 0 Å². The van der Waals surface area contributed by atoms with E-state index < -0.39 is 11.6 Å². The number of hydrogen-bond donors (Lipinski definition) is 2. The molecule has 4 nitrogen and oxygen atoms in total. The van der Waals surface area contributed by atoms with Gasteiger partial charge in [0.05, 0.1) is 9.92 Å². The van der Waals surface area contributed by atoms with Crippen LogP contribution in [0.1, 0.15) is 5.56 Å². The van der Waals surface area contributed by atoms with E-state index in [1.807, 2.05) is 0 Å². The molecule has 1 aromatic carbocycles. The van der Waals surface area contributed by atoms with Crippen molar-refractivity contribution in [3.63, 3.8) is 0 Å². The van der Waals surface area contributed by atoms with Gasteiger partial charge in [-0.25, -0.2) is 13.8 Å². The summed E-state index contributed by atoms with van der Waals surface area (Å²) in [5.74, 6) is -1.36. The molecule has 0 saturated carbocycles. The van der Waals surface area contributed by atoms with Gasteiger partial charge in [-0.1, -0.05) is 28.5 Å². The Morgan fingerprint density at radius 2 is 2.10 bits per heavy atom. The minimum absolute atomic E-state index is 0.0380. The summed E-state index contributed by atoms with van der Waals surface area (Å²) in [5, 5.41) is 11.8. The van der Waals surface area contributed by atoms with Crippen LogP contribution in [0, 0.1) is 11.6 Å². The first-order valence-corrected chi connectivity index (χ1v) is 6.47. The molecular weight excluding hydrogens is 308 g/mol. The molecule has 0 aliphatic rings. The first-order chi connectivity index (χ1) is 9.52. The molecule has 0 fully saturated rings. The number of benzene rings is 1. The lowest BCUT2D eigenvalue weighted by molar-refractivity contribution is 0.318. The van der Waals surface area contributed by atoms with Gasteiger partial charge >= 0.3 is 0 Å². The van der Waals surface area contributed by atoms with E-state index in [4.69, 9.17) is 22.5 Å². The molecule has 2 aromatic rings. The van der Waals surface area contributed by atoms with Crippen LogP contribution in [-0.4, -0.2) is 16.0 Å². The van der Waals surface area contributed by atoms with Crippen LogP contribution in [0.2, 0.25) is 5.02 Å². The summed E-state index contributed by atoms with van der Waals surface area (Å²) in [6.45, 7) is 0. The smallest absolute Gasteiger partial charge is 0.171 e. The van der Waals surface area contributed by atoms with Gasteiger partial charge in [0.2, 0.25) is 0 Å². The lowest BCUT2D eigenvalue weighted by atomic mass is 10.2. The SMILES string of the molecule is N/C(=N/O)c1ccnc(Sc2cc(F)ccc2F)c1Cl. The Labute approximate surface area is 122 Å². The van der Waals surface area contributed by atoms with Crippen molar-refractivity contribution in [3.05, 3.63) is 52.7 Å². The standard InChI is InChI=1S/C12H8ClF2N3OS/c13-10-7(11(16)18-19)3-4-17-12(10)20-9-5-6(14)1-2-8(9)15/h1-5,19H,(H2,16,18). The van der Waals surface area contributed by atoms with Crippen LogP contribution in [0.5, 0.6) is 0 Å². The van der Waals surface area contributed by atoms with Crippen molar-refractivity contribution < 1.29 is 14.0 Å². The summed E-state index contributed by atoms with van der Waals surface area (Å²) in [7, 11) is 0. The van der Waals surface area contributed by atoms with Crippen LogP contribution in [0.3, 0.4) is 0 Å². The van der Waals surface area contributed by atoms with Crippen molar-refractivity contribution in [2.75, 3.05) is 0 Å². The van der Waals surface area contributed by atoms with Crippen LogP contribution < -0.4 is 5.73 Å². The molecule has 1 aromatic heterocycles. The second-order valence-corrected chi connectivity index (χ2v) is 5.05. The fourth-order valence-electron chi connectivity index (χ4n) is 1.41. The number of halogens is 3. The first-order valence-electron chi connectivity index (χ1n) is 5.28. The number of aromatic nitrogens is 1. The van der Waals surface area contributed by atoms with E-state index in [-0.39, 0.29) is 26.3 Å². The fourth-order valence-corrected chi connectivity index (χ4v) is 2.59. The average molecular weight is 316 g/mol. The van der Waals surface area contributed by atoms with Crippen LogP contribution in [0.15, 0.2) is 45.5 Å². The average Bonchev–Trinajstić information content (AvgIpc) is 2.44. The van der Waals surface area contributed by atoms with Crippen LogP contribution >= 0.6 is 23.4 Å². The van der Waals surface area contributed by atoms with Gasteiger partial charge in [-0.05, 0) is 24.3 Å². The van der Waals surface area contributed by atoms with Crippen molar-refractivity contribution in [1.29, 1.82) is 0 Å². The predicted octanol–water partition coefficient (Wildman–Crippen LogP) is 3.26. The molecule has 1 heterocycles. The van der Waals surface area contributed by atoms with Gasteiger partial charge in [-0.2, -0.15) is 0 Å². The molecule has 0 aliphatic heterocycles. The third-order valence-electron chi connectivity index (χ3n) is 2.34. The van der Waals surface area contributed by atoms with E-state index in [0.29, 0.717) is 0 Å². The van der Waals surface area contributed by atoms with Crippen molar-refractivity contribution in [3.8, 4) is 0 Å². The number of pyridine rings is 1. The Balaban J connectivity index is 2.42. The maximum atomic E-state index is 13.6. The molecule has 0 unspecified atom stereocenters. The number of nitrogens with two attached hydrogens (primary N) is 1. The van der Waals surface area contributed by atoms with Crippen molar-refractivity contribution in [2.24, 2.45) is 10.9 Å². The molecule has 8 heteroatoms. The van der Waals surface area contributed by atoms with Gasteiger partial charge in [0.15, 0.2) is 5.84 Å². The van der Waals surface area contributed by atoms with E-state index in [1.54, 1.807) is 0 Å². The number of oxime groups is 1. The van der Waals surface area contributed by atoms with E-state index in [1.165, 1.54) is 12.3 Å². The Morgan fingerprint density at radius 1 is 1.35 bits per heavy atom. The van der Waals surface area contributed by atoms with Gasteiger partial charge in [0.1, 0.15) is 16.7 Å². The summed E-state index contributed by atoms with van der Waals surface area (Å²) < 4.78 is 26.7. The minimum Gasteiger partial charge on any atom is -0.409 e. The molecule has 104 valence electrons. The minimum atomic E-state index is -0.594. The molecule has 0 atom stereocenters. The highest BCUT2D eigenvalue weighted by molar-refractivity contribution is 7.99. The Hall–Kier alpha value is -1.86. The van der Waals surface area contributed by atoms with Gasteiger partial charge in [0, 0.05) is 11.8 Å². The molecule has 0 amide bonds. The molecule has 3 N–H and O–H groups in total. The Bertz CT molecular complexity index is 682. The molecule has 0 aliphatic carbocycles. The molecule has 0 spiro atoms.